The maximum absolute atomic E-state index is 12.2. The molecule has 1 aliphatic heterocycles. The summed E-state index contributed by atoms with van der Waals surface area (Å²) in [6.07, 6.45) is 2.20. The van der Waals surface area contributed by atoms with E-state index in [0.29, 0.717) is 36.2 Å². The van der Waals surface area contributed by atoms with Crippen molar-refractivity contribution in [2.45, 2.75) is 38.8 Å². The van der Waals surface area contributed by atoms with E-state index in [2.05, 4.69) is 19.1 Å². The van der Waals surface area contributed by atoms with Crippen LogP contribution in [0.3, 0.4) is 0 Å². The third-order valence-electron chi connectivity index (χ3n) is 4.37. The molecule has 25 heavy (non-hydrogen) atoms. The van der Waals surface area contributed by atoms with Crippen LogP contribution >= 0.6 is 34.5 Å². The SMILES string of the molecule is Cc1ccc(COC[C@H]2CCC(=O)N2CCc2cc(Cl)cc(Cl)c2)s1. The third-order valence-corrected chi connectivity index (χ3v) is 5.78. The van der Waals surface area contributed by atoms with Gasteiger partial charge in [-0.2, -0.15) is 0 Å². The summed E-state index contributed by atoms with van der Waals surface area (Å²) >= 11 is 13.8. The minimum absolute atomic E-state index is 0.156. The van der Waals surface area contributed by atoms with E-state index in [4.69, 9.17) is 27.9 Å². The zero-order chi connectivity index (χ0) is 17.8. The molecule has 1 aliphatic rings. The summed E-state index contributed by atoms with van der Waals surface area (Å²) in [5.41, 5.74) is 1.05. The topological polar surface area (TPSA) is 29.5 Å². The van der Waals surface area contributed by atoms with Crippen molar-refractivity contribution in [2.24, 2.45) is 0 Å². The summed E-state index contributed by atoms with van der Waals surface area (Å²) in [5.74, 6) is 0.202. The number of aryl methyl sites for hydroxylation is 1. The van der Waals surface area contributed by atoms with Gasteiger partial charge in [-0.15, -0.1) is 11.3 Å². The first kappa shape index (κ1) is 18.7. The van der Waals surface area contributed by atoms with Crippen LogP contribution in [-0.4, -0.2) is 30.0 Å². The molecular formula is C19H21Cl2NO2S. The Balaban J connectivity index is 1.52. The van der Waals surface area contributed by atoms with Crippen LogP contribution < -0.4 is 0 Å². The maximum Gasteiger partial charge on any atom is 0.222 e. The van der Waals surface area contributed by atoms with Crippen LogP contribution in [0.4, 0.5) is 0 Å². The van der Waals surface area contributed by atoms with E-state index in [1.807, 2.05) is 17.0 Å². The van der Waals surface area contributed by atoms with Crippen molar-refractivity contribution in [3.63, 3.8) is 0 Å². The number of likely N-dealkylation sites (tertiary alicyclic amines) is 1. The highest BCUT2D eigenvalue weighted by Gasteiger charge is 2.30. The van der Waals surface area contributed by atoms with Gasteiger partial charge >= 0.3 is 0 Å². The molecule has 1 saturated heterocycles. The highest BCUT2D eigenvalue weighted by atomic mass is 35.5. The summed E-state index contributed by atoms with van der Waals surface area (Å²) in [5, 5.41) is 1.25. The number of ether oxygens (including phenoxy) is 1. The summed E-state index contributed by atoms with van der Waals surface area (Å²) in [6, 6.07) is 9.88. The molecule has 0 N–H and O–H groups in total. The van der Waals surface area contributed by atoms with Crippen LogP contribution in [0, 0.1) is 6.92 Å². The average molecular weight is 398 g/mol. The Morgan fingerprint density at radius 1 is 1.24 bits per heavy atom. The number of halogens is 2. The average Bonchev–Trinajstić information content (AvgIpc) is 3.11. The van der Waals surface area contributed by atoms with Crippen LogP contribution in [0.15, 0.2) is 30.3 Å². The first-order valence-electron chi connectivity index (χ1n) is 8.39. The first-order chi connectivity index (χ1) is 12.0. The van der Waals surface area contributed by atoms with Crippen molar-refractivity contribution in [3.05, 3.63) is 55.7 Å². The minimum atomic E-state index is 0.156. The molecule has 0 aliphatic carbocycles. The number of carbonyl (C=O) groups excluding carboxylic acids is 1. The molecule has 0 radical (unpaired) electrons. The normalized spacial score (nSPS) is 17.5. The van der Waals surface area contributed by atoms with Crippen molar-refractivity contribution < 1.29 is 9.53 Å². The van der Waals surface area contributed by atoms with Crippen molar-refractivity contribution in [3.8, 4) is 0 Å². The van der Waals surface area contributed by atoms with Gasteiger partial charge in [-0.3, -0.25) is 4.79 Å². The van der Waals surface area contributed by atoms with Crippen LogP contribution in [-0.2, 0) is 22.6 Å². The van der Waals surface area contributed by atoms with Gasteiger partial charge in [0.15, 0.2) is 0 Å². The number of benzene rings is 1. The number of hydrogen-bond acceptors (Lipinski definition) is 3. The van der Waals surface area contributed by atoms with Crippen molar-refractivity contribution >= 4 is 40.4 Å². The zero-order valence-electron chi connectivity index (χ0n) is 14.1. The van der Waals surface area contributed by atoms with Gasteiger partial charge in [0.2, 0.25) is 5.91 Å². The van der Waals surface area contributed by atoms with E-state index in [0.717, 1.165) is 18.4 Å². The Morgan fingerprint density at radius 2 is 2.00 bits per heavy atom. The Bertz CT molecular complexity index is 727. The molecule has 0 saturated carbocycles. The summed E-state index contributed by atoms with van der Waals surface area (Å²) in [6.45, 7) is 3.95. The van der Waals surface area contributed by atoms with Gasteiger partial charge in [-0.25, -0.2) is 0 Å². The lowest BCUT2D eigenvalue weighted by molar-refractivity contribution is -0.129. The third kappa shape index (κ3) is 5.20. The molecule has 3 nitrogen and oxygen atoms in total. The van der Waals surface area contributed by atoms with Gasteiger partial charge < -0.3 is 9.64 Å². The molecule has 0 unspecified atom stereocenters. The van der Waals surface area contributed by atoms with Gasteiger partial charge in [-0.05, 0) is 55.7 Å². The first-order valence-corrected chi connectivity index (χ1v) is 9.96. The van der Waals surface area contributed by atoms with Crippen LogP contribution in [0.1, 0.15) is 28.2 Å². The standard InChI is InChI=1S/C19H21Cl2NO2S/c1-13-2-4-18(25-13)12-24-11-17-3-5-19(23)22(17)7-6-14-8-15(20)10-16(21)9-14/h2,4,8-10,17H,3,5-7,11-12H2,1H3/t17-/m1/s1. The lowest BCUT2D eigenvalue weighted by Crippen LogP contribution is -2.37. The van der Waals surface area contributed by atoms with Crippen molar-refractivity contribution in [1.82, 2.24) is 4.90 Å². The van der Waals surface area contributed by atoms with Gasteiger partial charge in [-0.1, -0.05) is 23.2 Å². The molecule has 0 spiro atoms. The highest BCUT2D eigenvalue weighted by molar-refractivity contribution is 7.11. The van der Waals surface area contributed by atoms with E-state index in [-0.39, 0.29) is 11.9 Å². The van der Waals surface area contributed by atoms with E-state index in [1.54, 1.807) is 17.4 Å². The quantitative estimate of drug-likeness (QED) is 0.649. The molecule has 0 bridgehead atoms. The van der Waals surface area contributed by atoms with Crippen molar-refractivity contribution in [1.29, 1.82) is 0 Å². The second-order valence-corrected chi connectivity index (χ2v) is 8.58. The number of carbonyl (C=O) groups is 1. The Kier molecular flexibility index (Phi) is 6.39. The molecule has 134 valence electrons. The molecule has 1 amide bonds. The lowest BCUT2D eigenvalue weighted by atomic mass is 10.1. The van der Waals surface area contributed by atoms with E-state index in [1.165, 1.54) is 9.75 Å². The van der Waals surface area contributed by atoms with Gasteiger partial charge in [0.25, 0.3) is 0 Å². The summed E-state index contributed by atoms with van der Waals surface area (Å²) in [7, 11) is 0. The predicted molar refractivity (Wildman–Crippen MR) is 104 cm³/mol. The largest absolute Gasteiger partial charge is 0.374 e. The second kappa shape index (κ2) is 8.54. The molecule has 2 heterocycles. The van der Waals surface area contributed by atoms with Crippen molar-refractivity contribution in [2.75, 3.05) is 13.2 Å². The fourth-order valence-electron chi connectivity index (χ4n) is 3.14. The smallest absolute Gasteiger partial charge is 0.222 e. The number of rotatable bonds is 7. The van der Waals surface area contributed by atoms with Gasteiger partial charge in [0, 0.05) is 32.8 Å². The fourth-order valence-corrected chi connectivity index (χ4v) is 4.54. The molecule has 2 aromatic rings. The number of hydrogen-bond donors (Lipinski definition) is 0. The number of amides is 1. The molecule has 1 fully saturated rings. The van der Waals surface area contributed by atoms with Crippen LogP contribution in [0.5, 0.6) is 0 Å². The highest BCUT2D eigenvalue weighted by Crippen LogP contribution is 2.23. The Hall–Kier alpha value is -1.07. The van der Waals surface area contributed by atoms with Gasteiger partial charge in [0.05, 0.1) is 19.3 Å². The number of nitrogens with zero attached hydrogens (tertiary/aromatic N) is 1. The van der Waals surface area contributed by atoms with Crippen LogP contribution in [0.25, 0.3) is 0 Å². The van der Waals surface area contributed by atoms with Crippen LogP contribution in [0.2, 0.25) is 10.0 Å². The second-order valence-electron chi connectivity index (χ2n) is 6.33. The summed E-state index contributed by atoms with van der Waals surface area (Å²) < 4.78 is 5.86. The molecular weight excluding hydrogens is 377 g/mol. The molecule has 1 aromatic carbocycles. The Morgan fingerprint density at radius 3 is 2.68 bits per heavy atom. The fraction of sp³-hybridized carbons (Fsp3) is 0.421. The molecule has 3 rings (SSSR count). The molecule has 1 atom stereocenters. The Labute approximate surface area is 162 Å². The zero-order valence-corrected chi connectivity index (χ0v) is 16.5. The lowest BCUT2D eigenvalue weighted by Gasteiger charge is -2.24. The van der Waals surface area contributed by atoms with E-state index >= 15 is 0 Å². The monoisotopic (exact) mass is 397 g/mol. The predicted octanol–water partition coefficient (Wildman–Crippen LogP) is 5.11. The molecule has 6 heteroatoms. The van der Waals surface area contributed by atoms with E-state index in [9.17, 15) is 4.79 Å². The van der Waals surface area contributed by atoms with Gasteiger partial charge in [0.1, 0.15) is 0 Å². The number of thiophene rings is 1. The maximum atomic E-state index is 12.2. The van der Waals surface area contributed by atoms with E-state index < -0.39 is 0 Å². The molecule has 1 aromatic heterocycles. The minimum Gasteiger partial charge on any atom is -0.374 e. The summed E-state index contributed by atoms with van der Waals surface area (Å²) in [4.78, 5) is 16.6.